The van der Waals surface area contributed by atoms with E-state index in [2.05, 4.69) is 97.4 Å². The molecule has 0 aliphatic heterocycles. The van der Waals surface area contributed by atoms with Crippen molar-refractivity contribution in [2.24, 2.45) is 11.3 Å². The minimum Gasteiger partial charge on any atom is -0.449 e. The number of carbonyl (C=O) groups is 3. The highest BCUT2D eigenvalue weighted by atomic mass is 32.2. The van der Waals surface area contributed by atoms with Crippen molar-refractivity contribution in [3.8, 4) is 11.1 Å². The van der Waals surface area contributed by atoms with E-state index in [9.17, 15) is 27.9 Å². The molecular weight excluding hydrogens is 959 g/mol. The van der Waals surface area contributed by atoms with Crippen LogP contribution in [0, 0.1) is 11.3 Å². The summed E-state index contributed by atoms with van der Waals surface area (Å²) in [6.07, 6.45) is 1.25. The summed E-state index contributed by atoms with van der Waals surface area (Å²) in [6, 6.07) is 40.2. The number of hydrogen-bond donors (Lipinski definition) is 4. The van der Waals surface area contributed by atoms with E-state index in [0.717, 1.165) is 27.8 Å². The molecule has 5 aromatic carbocycles. The van der Waals surface area contributed by atoms with Gasteiger partial charge in [0.25, 0.3) is 18.4 Å². The van der Waals surface area contributed by atoms with Crippen LogP contribution in [-0.4, -0.2) is 90.6 Å². The first-order valence-corrected chi connectivity index (χ1v) is 28.9. The quantitative estimate of drug-likeness (QED) is 0.0238. The number of ether oxygens (including phenoxy) is 2. The minimum absolute atomic E-state index is 0.0301. The van der Waals surface area contributed by atoms with Crippen molar-refractivity contribution in [1.29, 1.82) is 0 Å². The van der Waals surface area contributed by atoms with E-state index >= 15 is 0 Å². The molecule has 0 unspecified atom stereocenters. The van der Waals surface area contributed by atoms with Crippen LogP contribution in [-0.2, 0) is 50.8 Å². The highest BCUT2D eigenvalue weighted by Crippen LogP contribution is 2.44. The van der Waals surface area contributed by atoms with Crippen molar-refractivity contribution in [1.82, 2.24) is 10.6 Å². The number of aryl methyl sites for hydroxylation is 1. The largest absolute Gasteiger partial charge is 0.449 e. The predicted octanol–water partition coefficient (Wildman–Crippen LogP) is 8.86. The molecule has 0 heterocycles. The number of aliphatic hydroxyl groups excluding tert-OH is 1. The first kappa shape index (κ1) is 56.6. The second-order valence-corrected chi connectivity index (χ2v) is 27.1. The Morgan fingerprint density at radius 1 is 0.699 bits per heavy atom. The van der Waals surface area contributed by atoms with Gasteiger partial charge >= 0.3 is 6.09 Å². The van der Waals surface area contributed by atoms with Crippen molar-refractivity contribution >= 4 is 52.4 Å². The number of amides is 3. The number of alkyl carbamates (subject to hydrolysis) is 1. The number of fused-ring (bicyclic) bond motifs is 3. The van der Waals surface area contributed by atoms with Crippen molar-refractivity contribution in [3.63, 3.8) is 0 Å². The zero-order valence-corrected chi connectivity index (χ0v) is 45.6. The monoisotopic (exact) mass is 1030 g/mol. The maximum absolute atomic E-state index is 13.5. The molecule has 5 aromatic rings. The number of carbonyl (C=O) groups excluding carboxylic acids is 3. The van der Waals surface area contributed by atoms with Crippen LogP contribution < -0.4 is 26.3 Å². The summed E-state index contributed by atoms with van der Waals surface area (Å²) < 4.78 is 50.0. The van der Waals surface area contributed by atoms with Gasteiger partial charge in [-0.15, -0.1) is 0 Å². The lowest BCUT2D eigenvalue weighted by Gasteiger charge is -2.43. The van der Waals surface area contributed by atoms with Crippen LogP contribution >= 0.6 is 0 Å². The second-order valence-electron chi connectivity index (χ2n) is 21.1. The third-order valence-electron chi connectivity index (χ3n) is 13.5. The lowest BCUT2D eigenvalue weighted by atomic mass is 9.91. The maximum atomic E-state index is 13.5. The Morgan fingerprint density at radius 2 is 1.27 bits per heavy atom. The van der Waals surface area contributed by atoms with Crippen LogP contribution in [0.2, 0.25) is 5.04 Å². The van der Waals surface area contributed by atoms with E-state index in [-0.39, 0.29) is 55.5 Å². The number of benzene rings is 5. The van der Waals surface area contributed by atoms with Gasteiger partial charge < -0.3 is 35.0 Å². The number of aliphatic hydroxyl groups is 1. The molecule has 0 fully saturated rings. The lowest BCUT2D eigenvalue weighted by molar-refractivity contribution is -0.128. The molecule has 0 saturated heterocycles. The fourth-order valence-electron chi connectivity index (χ4n) is 9.44. The normalized spacial score (nSPS) is 13.7. The standard InChI is InChI=1S/C58H75N3O10SSi/c1-41(2)53(61-56(65)69-39-52-50-28-17-15-26-48(50)49-27-16-18-29-51(49)52)55(64)59-42(3)54(63)60-45-31-30-44(38-62)43(37-45)21-19-33-68-34-20-36-72(66,67)70-40-58(7,8)32-35-71-73(57(4,5)6,46-22-11-9-12-23-46)47-24-13-10-14-25-47/h9-18,22-31,37,41-42,52-53,62H,19-21,32-36,38-40H2,1-8H3,(H,59,64)(H,60,63)(H,61,65)/t42-,53-/m0/s1. The Kier molecular flexibility index (Phi) is 19.8. The van der Waals surface area contributed by atoms with Gasteiger partial charge in [-0.3, -0.25) is 13.8 Å². The smallest absolute Gasteiger partial charge is 0.407 e. The van der Waals surface area contributed by atoms with E-state index in [1.165, 1.54) is 10.4 Å². The van der Waals surface area contributed by atoms with E-state index in [4.69, 9.17) is 18.1 Å². The third kappa shape index (κ3) is 15.0. The number of nitrogens with one attached hydrogen (secondary N) is 3. The lowest BCUT2D eigenvalue weighted by Crippen LogP contribution is -2.66. The molecule has 392 valence electrons. The molecule has 0 saturated carbocycles. The number of hydrogen-bond acceptors (Lipinski definition) is 10. The van der Waals surface area contributed by atoms with Crippen LogP contribution in [0.5, 0.6) is 0 Å². The molecule has 15 heteroatoms. The number of rotatable bonds is 26. The average Bonchev–Trinajstić information content (AvgIpc) is 3.68. The zero-order valence-electron chi connectivity index (χ0n) is 43.7. The van der Waals surface area contributed by atoms with Gasteiger partial charge in [0.05, 0.1) is 19.0 Å². The molecule has 1 aliphatic carbocycles. The fraction of sp³-hybridized carbons (Fsp3) is 0.431. The molecule has 73 heavy (non-hydrogen) atoms. The molecular formula is C58H75N3O10SSi. The Bertz CT molecular complexity index is 2640. The van der Waals surface area contributed by atoms with Crippen molar-refractivity contribution in [2.45, 2.75) is 111 Å². The summed E-state index contributed by atoms with van der Waals surface area (Å²) in [5.41, 5.74) is 5.89. The molecule has 2 atom stereocenters. The van der Waals surface area contributed by atoms with Gasteiger partial charge in [0.15, 0.2) is 0 Å². The molecule has 0 aromatic heterocycles. The predicted molar refractivity (Wildman–Crippen MR) is 291 cm³/mol. The molecule has 13 nitrogen and oxygen atoms in total. The molecule has 0 spiro atoms. The van der Waals surface area contributed by atoms with Crippen LogP contribution in [0.15, 0.2) is 127 Å². The topological polar surface area (TPSA) is 179 Å². The van der Waals surface area contributed by atoms with Gasteiger partial charge in [-0.1, -0.05) is 164 Å². The van der Waals surface area contributed by atoms with Gasteiger partial charge in [0.1, 0.15) is 18.7 Å². The van der Waals surface area contributed by atoms with Crippen LogP contribution in [0.25, 0.3) is 11.1 Å². The first-order chi connectivity index (χ1) is 34.7. The summed E-state index contributed by atoms with van der Waals surface area (Å²) in [4.78, 5) is 39.9. The molecule has 0 radical (unpaired) electrons. The molecule has 1 aliphatic rings. The SMILES string of the molecule is CC(C)[C@H](NC(=O)OCC1c2ccccc2-c2ccccc21)C(=O)N[C@@H](C)C(=O)Nc1ccc(CO)c(CCCOCCCS(=O)(=O)OCC(C)(C)CCO[Si](c2ccccc2)(c2ccccc2)C(C)(C)C)c1. The average molecular weight is 1030 g/mol. The van der Waals surface area contributed by atoms with Crippen LogP contribution in [0.4, 0.5) is 10.5 Å². The highest BCUT2D eigenvalue weighted by Gasteiger charge is 2.50. The fourth-order valence-corrected chi connectivity index (χ4v) is 15.1. The third-order valence-corrected chi connectivity index (χ3v) is 19.8. The molecule has 0 bridgehead atoms. The van der Waals surface area contributed by atoms with Crippen molar-refractivity contribution < 1.29 is 46.0 Å². The van der Waals surface area contributed by atoms with E-state index < -0.39 is 53.8 Å². The Labute approximate surface area is 434 Å². The van der Waals surface area contributed by atoms with Gasteiger partial charge in [0.2, 0.25) is 11.8 Å². The highest BCUT2D eigenvalue weighted by molar-refractivity contribution is 7.86. The molecule has 4 N–H and O–H groups in total. The Hall–Kier alpha value is -5.68. The Morgan fingerprint density at radius 3 is 1.85 bits per heavy atom. The minimum atomic E-state index is -3.80. The van der Waals surface area contributed by atoms with Gasteiger partial charge in [0, 0.05) is 31.4 Å². The summed E-state index contributed by atoms with van der Waals surface area (Å²) in [7, 11) is -6.53. The van der Waals surface area contributed by atoms with Crippen LogP contribution in [0.1, 0.15) is 103 Å². The van der Waals surface area contributed by atoms with Crippen LogP contribution in [0.3, 0.4) is 0 Å². The summed E-state index contributed by atoms with van der Waals surface area (Å²) >= 11 is 0. The van der Waals surface area contributed by atoms with E-state index in [0.29, 0.717) is 43.7 Å². The maximum Gasteiger partial charge on any atom is 0.407 e. The van der Waals surface area contributed by atoms with Gasteiger partial charge in [-0.2, -0.15) is 8.42 Å². The molecule has 6 rings (SSSR count). The van der Waals surface area contributed by atoms with E-state index in [1.807, 2.05) is 62.4 Å². The molecule has 3 amide bonds. The summed E-state index contributed by atoms with van der Waals surface area (Å²) in [6.45, 7) is 16.8. The second kappa shape index (κ2) is 25.5. The first-order valence-electron chi connectivity index (χ1n) is 25.4. The van der Waals surface area contributed by atoms with Crippen molar-refractivity contribution in [2.75, 3.05) is 44.1 Å². The number of anilines is 1. The Balaban J connectivity index is 0.902. The van der Waals surface area contributed by atoms with Gasteiger partial charge in [-0.05, 0) is 105 Å². The summed E-state index contributed by atoms with van der Waals surface area (Å²) in [5, 5.41) is 20.5. The van der Waals surface area contributed by atoms with Gasteiger partial charge in [-0.25, -0.2) is 4.79 Å². The van der Waals surface area contributed by atoms with E-state index in [1.54, 1.807) is 39.0 Å². The summed E-state index contributed by atoms with van der Waals surface area (Å²) in [5.74, 6) is -1.61. The van der Waals surface area contributed by atoms with Crippen molar-refractivity contribution in [3.05, 3.63) is 150 Å². The zero-order chi connectivity index (χ0) is 52.8.